The molecule has 0 aliphatic carbocycles. The predicted molar refractivity (Wildman–Crippen MR) is 298 cm³/mol. The van der Waals surface area contributed by atoms with Crippen LogP contribution < -0.4 is 27.4 Å². The van der Waals surface area contributed by atoms with E-state index in [9.17, 15) is 52.2 Å². The van der Waals surface area contributed by atoms with Crippen LogP contribution in [0.25, 0.3) is 11.3 Å². The van der Waals surface area contributed by atoms with Gasteiger partial charge in [0.2, 0.25) is 11.8 Å². The number of nitrogens with one attached hydrogen (secondary N) is 3. The van der Waals surface area contributed by atoms with Gasteiger partial charge in [0.15, 0.2) is 5.78 Å². The molecule has 8 amide bonds. The van der Waals surface area contributed by atoms with E-state index in [4.69, 9.17) is 21.2 Å². The number of nitrogens with two attached hydrogens (primary N) is 2. The second-order valence-corrected chi connectivity index (χ2v) is 22.4. The lowest BCUT2D eigenvalue weighted by Crippen LogP contribution is -2.55. The van der Waals surface area contributed by atoms with Crippen LogP contribution in [-0.4, -0.2) is 134 Å². The van der Waals surface area contributed by atoms with Gasteiger partial charge >= 0.3 is 12.1 Å². The highest BCUT2D eigenvalue weighted by atomic mass is 19.1. The van der Waals surface area contributed by atoms with Crippen LogP contribution in [0.5, 0.6) is 0 Å². The van der Waals surface area contributed by atoms with Crippen molar-refractivity contribution in [3.8, 4) is 11.3 Å². The molecule has 83 heavy (non-hydrogen) atoms. The molecule has 24 heteroatoms. The predicted octanol–water partition coefficient (Wildman–Crippen LogP) is 6.44. The minimum atomic E-state index is -1.67. The molecule has 1 aromatic heterocycles. The Labute approximate surface area is 479 Å². The lowest BCUT2D eigenvalue weighted by atomic mass is 9.84. The number of anilines is 1. The molecule has 1 fully saturated rings. The number of aromatic nitrogens is 2. The summed E-state index contributed by atoms with van der Waals surface area (Å²) in [6.45, 7) is 9.20. The Morgan fingerprint density at radius 3 is 2.18 bits per heavy atom. The molecule has 0 saturated carbocycles. The minimum Gasteiger partial charge on any atom is -0.445 e. The number of unbranched alkanes of at least 4 members (excludes halogenated alkanes) is 1. The number of imide groups is 1. The molecule has 2 aliphatic heterocycles. The number of nitrogens with zero attached hydrogens (tertiary/aromatic N) is 5. The van der Waals surface area contributed by atoms with E-state index in [-0.39, 0.29) is 75.6 Å². The minimum absolute atomic E-state index is 0.00341. The van der Waals surface area contributed by atoms with Gasteiger partial charge in [0.05, 0.1) is 24.3 Å². The number of imidazole rings is 1. The molecule has 0 unspecified atom stereocenters. The van der Waals surface area contributed by atoms with Crippen molar-refractivity contribution in [3.05, 3.63) is 119 Å². The standard InChI is InChI=1S/C59H74F4N10O10/c1-34(2)51(69-55(79)47(14-7-8-23-64)73-49(76)21-22-50(73)77)48(75)26-38(12-10-24-66-57(65)81)54(78)67-42-18-15-36(16-19-42)33-83-58(82)71-29-39(45(63)31-71)30-72(56(80)35(3)74)52(59(4,5)6)53-68-46(43-27-41(61)17-20-44(43)62)32-70(53)28-37-11-9-13-40(60)25-37/h9,11,13,15-22,25,27,32,34-35,38-39,45,47,51-52,74H,7-8,10,12,14,23-24,26,28-31,33,64H2,1-6H3,(H,67,78)(H,69,79)(H3,65,66,81)/t35-,38+,39-,45-,47-,51-,52-/m0/s1. The van der Waals surface area contributed by atoms with E-state index in [2.05, 4.69) is 16.0 Å². The summed E-state index contributed by atoms with van der Waals surface area (Å²) in [5.74, 6) is -8.22. The molecule has 1 saturated heterocycles. The zero-order valence-corrected chi connectivity index (χ0v) is 47.4. The van der Waals surface area contributed by atoms with E-state index in [0.717, 1.165) is 40.2 Å². The number of amides is 8. The van der Waals surface area contributed by atoms with Crippen molar-refractivity contribution in [3.63, 3.8) is 0 Å². The number of urea groups is 1. The van der Waals surface area contributed by atoms with Gasteiger partial charge in [-0.3, -0.25) is 33.7 Å². The topological polar surface area (TPSA) is 282 Å². The van der Waals surface area contributed by atoms with Crippen LogP contribution in [0.3, 0.4) is 0 Å². The van der Waals surface area contributed by atoms with E-state index in [0.29, 0.717) is 36.2 Å². The average molecular weight is 1160 g/mol. The van der Waals surface area contributed by atoms with E-state index in [1.807, 2.05) is 0 Å². The molecule has 3 aromatic carbocycles. The number of rotatable bonds is 27. The van der Waals surface area contributed by atoms with Gasteiger partial charge in [0.25, 0.3) is 17.7 Å². The van der Waals surface area contributed by atoms with Crippen LogP contribution in [0.1, 0.15) is 103 Å². The zero-order valence-electron chi connectivity index (χ0n) is 47.4. The van der Waals surface area contributed by atoms with Crippen LogP contribution in [0.2, 0.25) is 0 Å². The number of Topliss-reactive ketones (excluding diaryl/α,β-unsaturated/α-hetero) is 1. The zero-order chi connectivity index (χ0) is 60.9. The summed E-state index contributed by atoms with van der Waals surface area (Å²) in [5, 5.41) is 18.8. The van der Waals surface area contributed by atoms with Gasteiger partial charge < -0.3 is 51.6 Å². The first-order valence-corrected chi connectivity index (χ1v) is 27.6. The number of benzene rings is 3. The molecule has 0 radical (unpaired) electrons. The first kappa shape index (κ1) is 64.2. The van der Waals surface area contributed by atoms with E-state index >= 15 is 8.78 Å². The highest BCUT2D eigenvalue weighted by molar-refractivity contribution is 6.15. The van der Waals surface area contributed by atoms with Crippen LogP contribution in [-0.2, 0) is 46.7 Å². The van der Waals surface area contributed by atoms with E-state index in [1.54, 1.807) is 57.4 Å². The van der Waals surface area contributed by atoms with Crippen LogP contribution in [0.15, 0.2) is 85.1 Å². The average Bonchev–Trinajstić information content (AvgIpc) is 3.91. The number of hydrogen-bond acceptors (Lipinski definition) is 12. The molecule has 2 aliphatic rings. The summed E-state index contributed by atoms with van der Waals surface area (Å²) in [4.78, 5) is 114. The number of hydrogen-bond donors (Lipinski definition) is 6. The maximum absolute atomic E-state index is 16.2. The second kappa shape index (κ2) is 28.8. The number of primary amides is 1. The highest BCUT2D eigenvalue weighted by Crippen LogP contribution is 2.41. The van der Waals surface area contributed by atoms with Crippen molar-refractivity contribution in [2.45, 2.75) is 124 Å². The molecular weight excluding hydrogens is 1080 g/mol. The van der Waals surface area contributed by atoms with Gasteiger partial charge in [-0.1, -0.05) is 58.9 Å². The summed E-state index contributed by atoms with van der Waals surface area (Å²) in [6.07, 6.45) is 0.545. The van der Waals surface area contributed by atoms with Crippen molar-refractivity contribution in [1.82, 2.24) is 34.9 Å². The largest absolute Gasteiger partial charge is 0.445 e. The Balaban J connectivity index is 1.12. The number of aliphatic hydroxyl groups is 1. The molecule has 20 nitrogen and oxygen atoms in total. The molecule has 0 bridgehead atoms. The van der Waals surface area contributed by atoms with Crippen molar-refractivity contribution in [2.24, 2.45) is 34.6 Å². The maximum atomic E-state index is 16.2. The number of carbonyl (C=O) groups excluding carboxylic acids is 8. The van der Waals surface area contributed by atoms with Crippen molar-refractivity contribution in [2.75, 3.05) is 38.0 Å². The highest BCUT2D eigenvalue weighted by Gasteiger charge is 2.45. The third-order valence-electron chi connectivity index (χ3n) is 14.5. The van der Waals surface area contributed by atoms with Crippen molar-refractivity contribution >= 4 is 53.1 Å². The van der Waals surface area contributed by atoms with Crippen molar-refractivity contribution < 1.29 is 65.8 Å². The molecule has 4 aromatic rings. The number of aliphatic hydroxyl groups excluding tert-OH is 1. The smallest absolute Gasteiger partial charge is 0.410 e. The molecular formula is C59H74F4N10O10. The van der Waals surface area contributed by atoms with E-state index < -0.39 is 125 Å². The van der Waals surface area contributed by atoms with Crippen molar-refractivity contribution in [1.29, 1.82) is 0 Å². The summed E-state index contributed by atoms with van der Waals surface area (Å²) in [5.41, 5.74) is 11.0. The van der Waals surface area contributed by atoms with E-state index in [1.165, 1.54) is 48.4 Å². The SMILES string of the molecule is CC(C)[C@H](NC(=O)[C@H](CCCCN)N1C(=O)C=CC1=O)C(=O)C[C@@H](CCCNC(N)=O)C(=O)Nc1ccc(COC(=O)N2C[C@@H](CN(C(=O)[C@H](C)O)[C@@H](c3nc(-c4cc(F)ccc4F)cn3Cc3cccc(F)c3)C(C)(C)C)[C@@H](F)C2)cc1. The van der Waals surface area contributed by atoms with Gasteiger partial charge in [0.1, 0.15) is 48.2 Å². The van der Waals surface area contributed by atoms with Gasteiger partial charge in [-0.2, -0.15) is 0 Å². The fraction of sp³-hybridized carbons (Fsp3) is 0.475. The number of halogens is 4. The molecule has 7 atom stereocenters. The number of ketones is 1. The molecule has 6 rings (SSSR count). The Hall–Kier alpha value is -7.99. The Kier molecular flexibility index (Phi) is 22.3. The summed E-state index contributed by atoms with van der Waals surface area (Å²) >= 11 is 0. The number of carbonyl (C=O) groups is 8. The fourth-order valence-corrected chi connectivity index (χ4v) is 10.3. The first-order chi connectivity index (χ1) is 39.2. The Bertz CT molecular complexity index is 3000. The monoisotopic (exact) mass is 1160 g/mol. The van der Waals surface area contributed by atoms with Gasteiger partial charge in [-0.05, 0) is 110 Å². The Morgan fingerprint density at radius 2 is 1.55 bits per heavy atom. The quantitative estimate of drug-likeness (QED) is 0.0214. The third kappa shape index (κ3) is 17.3. The number of ether oxygens (including phenoxy) is 1. The first-order valence-electron chi connectivity index (χ1n) is 27.6. The van der Waals surface area contributed by atoms with Gasteiger partial charge in [-0.25, -0.2) is 32.1 Å². The summed E-state index contributed by atoms with van der Waals surface area (Å²) in [6, 6.07) is 10.7. The summed E-state index contributed by atoms with van der Waals surface area (Å²) in [7, 11) is 0. The van der Waals surface area contributed by atoms with Gasteiger partial charge in [0, 0.05) is 74.0 Å². The molecule has 448 valence electrons. The third-order valence-corrected chi connectivity index (χ3v) is 14.5. The lowest BCUT2D eigenvalue weighted by molar-refractivity contribution is -0.146. The van der Waals surface area contributed by atoms with Gasteiger partial charge in [-0.15, -0.1) is 0 Å². The second-order valence-electron chi connectivity index (χ2n) is 22.4. The normalized spacial score (nSPS) is 17.0. The lowest BCUT2D eigenvalue weighted by Gasteiger charge is -2.41. The fourth-order valence-electron chi connectivity index (χ4n) is 10.3. The number of alkyl halides is 1. The Morgan fingerprint density at radius 1 is 0.867 bits per heavy atom. The summed E-state index contributed by atoms with van der Waals surface area (Å²) < 4.78 is 67.7. The molecule has 0 spiro atoms. The maximum Gasteiger partial charge on any atom is 0.410 e. The van der Waals surface area contributed by atoms with Crippen LogP contribution in [0.4, 0.5) is 32.8 Å². The molecule has 8 N–H and O–H groups in total. The molecule has 3 heterocycles. The number of likely N-dealkylation sites (tertiary alicyclic amines) is 1. The van der Waals surface area contributed by atoms with Crippen LogP contribution >= 0.6 is 0 Å². The van der Waals surface area contributed by atoms with Crippen LogP contribution in [0, 0.1) is 40.6 Å².